The molecule has 0 aliphatic carbocycles. The Bertz CT molecular complexity index is 2460. The topological polar surface area (TPSA) is 65.0 Å². The van der Waals surface area contributed by atoms with E-state index in [1.54, 1.807) is 12.1 Å². The van der Waals surface area contributed by atoms with Gasteiger partial charge < -0.3 is 8.83 Å². The molecule has 3 heterocycles. The Kier molecular flexibility index (Phi) is 3.82. The lowest BCUT2D eigenvalue weighted by molar-refractivity contribution is 0.668. The van der Waals surface area contributed by atoms with Gasteiger partial charge in [0.1, 0.15) is 22.3 Å². The van der Waals surface area contributed by atoms with E-state index in [0.29, 0.717) is 32.9 Å². The number of halogens is 1. The minimum atomic E-state index is -0.496. The van der Waals surface area contributed by atoms with Gasteiger partial charge in [0.25, 0.3) is 0 Å². The Balaban J connectivity index is 1.37. The first-order valence-electron chi connectivity index (χ1n) is 14.6. The molecule has 0 spiro atoms. The Morgan fingerprint density at radius 2 is 1.08 bits per heavy atom. The van der Waals surface area contributed by atoms with E-state index in [1.165, 1.54) is 0 Å². The molecule has 184 valence electrons. The number of benzene rings is 5. The first-order chi connectivity index (χ1) is 21.3. The van der Waals surface area contributed by atoms with Gasteiger partial charge in [-0.15, -0.1) is 0 Å². The predicted octanol–water partition coefficient (Wildman–Crippen LogP) is 9.32. The Labute approximate surface area is 234 Å². The molecule has 0 aliphatic rings. The summed E-state index contributed by atoms with van der Waals surface area (Å²) in [5, 5.41) is 4.23. The molecule has 0 fully saturated rings. The van der Waals surface area contributed by atoms with Crippen LogP contribution in [0.1, 0.15) is 6.85 Å². The molecule has 6 heteroatoms. The summed E-state index contributed by atoms with van der Waals surface area (Å²) < 4.78 is 53.8. The van der Waals surface area contributed by atoms with Crippen molar-refractivity contribution >= 4 is 55.5 Å². The van der Waals surface area contributed by atoms with Gasteiger partial charge in [-0.1, -0.05) is 72.1 Å². The predicted molar refractivity (Wildman–Crippen MR) is 156 cm³/mol. The number of rotatable bonds is 3. The Morgan fingerprint density at radius 1 is 0.513 bits per heavy atom. The van der Waals surface area contributed by atoms with Crippen molar-refractivity contribution in [3.63, 3.8) is 0 Å². The highest BCUT2D eigenvalue weighted by Gasteiger charge is 2.16. The van der Waals surface area contributed by atoms with Gasteiger partial charge in [-0.05, 0) is 48.5 Å². The summed E-state index contributed by atoms with van der Waals surface area (Å²) in [5.74, 6) is 0.431. The number of fused-ring (bicyclic) bond motifs is 6. The zero-order chi connectivity index (χ0) is 30.3. The van der Waals surface area contributed by atoms with Crippen LogP contribution in [0.25, 0.3) is 78.0 Å². The first-order valence-corrected chi connectivity index (χ1v) is 12.5. The molecule has 5 nitrogen and oxygen atoms in total. The van der Waals surface area contributed by atoms with Crippen LogP contribution in [-0.2, 0) is 0 Å². The van der Waals surface area contributed by atoms with Crippen molar-refractivity contribution in [2.75, 3.05) is 0 Å². The van der Waals surface area contributed by atoms with Crippen molar-refractivity contribution in [1.82, 2.24) is 15.0 Å². The van der Waals surface area contributed by atoms with Crippen LogP contribution in [0.15, 0.2) is 118 Å². The number of para-hydroxylation sites is 1. The van der Waals surface area contributed by atoms with E-state index < -0.39 is 30.2 Å². The second kappa shape index (κ2) is 8.51. The van der Waals surface area contributed by atoms with E-state index in [1.807, 2.05) is 66.7 Å². The van der Waals surface area contributed by atoms with Gasteiger partial charge in [-0.3, -0.25) is 0 Å². The third-order valence-corrected chi connectivity index (χ3v) is 6.92. The minimum Gasteiger partial charge on any atom is -0.456 e. The normalized spacial score (nSPS) is 13.5. The minimum absolute atomic E-state index is 0.0526. The number of hydrogen-bond donors (Lipinski definition) is 0. The molecule has 8 rings (SSSR count). The largest absolute Gasteiger partial charge is 0.456 e. The van der Waals surface area contributed by atoms with Gasteiger partial charge in [0, 0.05) is 43.3 Å². The van der Waals surface area contributed by atoms with Gasteiger partial charge in [-0.25, -0.2) is 15.0 Å². The second-order valence-corrected chi connectivity index (χ2v) is 9.51. The highest BCUT2D eigenvalue weighted by atomic mass is 35.5. The molecule has 0 amide bonds. The molecule has 5 aromatic carbocycles. The molecule has 0 unspecified atom stereocenters. The average Bonchev–Trinajstić information content (AvgIpc) is 3.59. The SMILES string of the molecule is [2H]c1c([2H])c([2H])c(-c2nc(-c3ccc4c(c3)oc3ccccc34)nc(-c3ccc4c(c3)oc3ccc(Cl)cc34)n2)c([2H])c1[2H]. The molecule has 0 radical (unpaired) electrons. The first kappa shape index (κ1) is 17.5. The summed E-state index contributed by atoms with van der Waals surface area (Å²) in [4.78, 5) is 14.0. The maximum absolute atomic E-state index is 8.57. The highest BCUT2D eigenvalue weighted by molar-refractivity contribution is 6.31. The number of nitrogens with zero attached hydrogens (tertiary/aromatic N) is 3. The fourth-order valence-corrected chi connectivity index (χ4v) is 5.03. The van der Waals surface area contributed by atoms with Crippen LogP contribution in [0.2, 0.25) is 5.02 Å². The highest BCUT2D eigenvalue weighted by Crippen LogP contribution is 2.35. The van der Waals surface area contributed by atoms with Crippen molar-refractivity contribution in [2.45, 2.75) is 0 Å². The average molecular weight is 529 g/mol. The van der Waals surface area contributed by atoms with Crippen LogP contribution in [0.5, 0.6) is 0 Å². The molecule has 0 aliphatic heterocycles. The van der Waals surface area contributed by atoms with Crippen molar-refractivity contribution < 1.29 is 15.7 Å². The van der Waals surface area contributed by atoms with E-state index in [2.05, 4.69) is 9.97 Å². The fraction of sp³-hybridized carbons (Fsp3) is 0. The smallest absolute Gasteiger partial charge is 0.164 e. The van der Waals surface area contributed by atoms with Gasteiger partial charge in [0.05, 0.1) is 6.85 Å². The molecule has 0 bridgehead atoms. The molecular formula is C33H18ClN3O2. The van der Waals surface area contributed by atoms with E-state index in [9.17, 15) is 0 Å². The standard InChI is InChI=1S/C33H18ClN3O2/c34-22-12-15-28-26(18-22)25-14-11-21(17-30(25)39-28)33-36-31(19-6-2-1-3-7-19)35-32(37-33)20-10-13-24-23-8-4-5-9-27(23)38-29(24)16-20/h1-18H/i1D,2D,3D,6D,7D. The van der Waals surface area contributed by atoms with Crippen LogP contribution in [0, 0.1) is 0 Å². The van der Waals surface area contributed by atoms with Gasteiger partial charge in [-0.2, -0.15) is 0 Å². The van der Waals surface area contributed by atoms with Crippen LogP contribution < -0.4 is 0 Å². The maximum atomic E-state index is 8.57. The van der Waals surface area contributed by atoms with Crippen LogP contribution in [0.4, 0.5) is 0 Å². The molecule has 0 saturated carbocycles. The summed E-state index contributed by atoms with van der Waals surface area (Å²) in [5.41, 5.74) is 3.73. The zero-order valence-electron chi connectivity index (χ0n) is 25.0. The monoisotopic (exact) mass is 528 g/mol. The van der Waals surface area contributed by atoms with E-state index >= 15 is 0 Å². The summed E-state index contributed by atoms with van der Waals surface area (Å²) in [6, 6.07) is 22.0. The lowest BCUT2D eigenvalue weighted by Crippen LogP contribution is -2.00. The summed E-state index contributed by atoms with van der Waals surface area (Å²) in [6.07, 6.45) is 0. The van der Waals surface area contributed by atoms with Crippen molar-refractivity contribution in [3.05, 3.63) is 114 Å². The summed E-state index contributed by atoms with van der Waals surface area (Å²) in [7, 11) is 0. The van der Waals surface area contributed by atoms with Crippen LogP contribution in [-0.4, -0.2) is 15.0 Å². The molecule has 39 heavy (non-hydrogen) atoms. The number of hydrogen-bond acceptors (Lipinski definition) is 5. The molecule has 0 atom stereocenters. The Morgan fingerprint density at radius 3 is 1.77 bits per heavy atom. The molecule has 3 aromatic heterocycles. The van der Waals surface area contributed by atoms with Crippen LogP contribution >= 0.6 is 11.6 Å². The lowest BCUT2D eigenvalue weighted by Gasteiger charge is -2.08. The zero-order valence-corrected chi connectivity index (χ0v) is 20.8. The third-order valence-electron chi connectivity index (χ3n) is 6.69. The quantitative estimate of drug-likeness (QED) is 0.228. The Hall–Kier alpha value is -5.00. The van der Waals surface area contributed by atoms with E-state index in [0.717, 1.165) is 27.1 Å². The third kappa shape index (κ3) is 3.67. The maximum Gasteiger partial charge on any atom is 0.164 e. The fourth-order valence-electron chi connectivity index (χ4n) is 4.86. The summed E-state index contributed by atoms with van der Waals surface area (Å²) in [6.45, 7) is 0. The van der Waals surface area contributed by atoms with E-state index in [4.69, 9.17) is 32.3 Å². The van der Waals surface area contributed by atoms with E-state index in [-0.39, 0.29) is 23.0 Å². The van der Waals surface area contributed by atoms with Crippen molar-refractivity contribution in [1.29, 1.82) is 0 Å². The summed E-state index contributed by atoms with van der Waals surface area (Å²) >= 11 is 6.23. The van der Waals surface area contributed by atoms with Gasteiger partial charge >= 0.3 is 0 Å². The van der Waals surface area contributed by atoms with Gasteiger partial charge in [0.15, 0.2) is 17.5 Å². The van der Waals surface area contributed by atoms with Gasteiger partial charge in [0.2, 0.25) is 0 Å². The van der Waals surface area contributed by atoms with Crippen molar-refractivity contribution in [2.24, 2.45) is 0 Å². The number of furan rings is 2. The number of aromatic nitrogens is 3. The molecule has 8 aromatic rings. The molecule has 0 N–H and O–H groups in total. The lowest BCUT2D eigenvalue weighted by atomic mass is 10.1. The molecule has 0 saturated heterocycles. The molecular weight excluding hydrogens is 506 g/mol. The second-order valence-electron chi connectivity index (χ2n) is 9.07. The van der Waals surface area contributed by atoms with Crippen LogP contribution in [0.3, 0.4) is 0 Å². The van der Waals surface area contributed by atoms with Crippen molar-refractivity contribution in [3.8, 4) is 34.2 Å².